The summed E-state index contributed by atoms with van der Waals surface area (Å²) in [5.41, 5.74) is 1.74. The summed E-state index contributed by atoms with van der Waals surface area (Å²) in [5, 5.41) is 0.255. The highest BCUT2D eigenvalue weighted by atomic mass is 32.2. The highest BCUT2D eigenvalue weighted by molar-refractivity contribution is 8.00. The molecule has 1 aliphatic rings. The van der Waals surface area contributed by atoms with Gasteiger partial charge in [-0.05, 0) is 26.8 Å². The lowest BCUT2D eigenvalue weighted by atomic mass is 10.3. The van der Waals surface area contributed by atoms with Crippen molar-refractivity contribution in [2.24, 2.45) is 0 Å². The van der Waals surface area contributed by atoms with Crippen LogP contribution in [0.15, 0.2) is 11.2 Å². The molecule has 0 saturated carbocycles. The summed E-state index contributed by atoms with van der Waals surface area (Å²) < 4.78 is 22.8. The molecule has 1 amide bonds. The number of carbonyl (C=O) groups is 1. The fourth-order valence-corrected chi connectivity index (χ4v) is 4.31. The standard InChI is InChI=1S/C13H19N3O3S2/c1-9-8-10(2)15-13(14-9)20-11(3)12(17)16-4-6-21(18,19)7-5-16/h8,11H,4-7H2,1-3H3/t11-/m0/s1. The van der Waals surface area contributed by atoms with Crippen LogP contribution in [0.2, 0.25) is 0 Å². The van der Waals surface area contributed by atoms with E-state index in [-0.39, 0.29) is 35.8 Å². The van der Waals surface area contributed by atoms with Gasteiger partial charge in [0.2, 0.25) is 5.91 Å². The molecule has 1 fully saturated rings. The van der Waals surface area contributed by atoms with Crippen LogP contribution >= 0.6 is 11.8 Å². The van der Waals surface area contributed by atoms with E-state index in [1.807, 2.05) is 19.9 Å². The molecule has 1 aliphatic heterocycles. The van der Waals surface area contributed by atoms with Gasteiger partial charge in [-0.3, -0.25) is 4.79 Å². The number of hydrogen-bond acceptors (Lipinski definition) is 6. The van der Waals surface area contributed by atoms with Crippen molar-refractivity contribution in [1.29, 1.82) is 0 Å². The molecular formula is C13H19N3O3S2. The van der Waals surface area contributed by atoms with Crippen molar-refractivity contribution in [2.75, 3.05) is 24.6 Å². The third kappa shape index (κ3) is 4.41. The second kappa shape index (κ2) is 6.31. The van der Waals surface area contributed by atoms with E-state index in [2.05, 4.69) is 9.97 Å². The number of carbonyl (C=O) groups excluding carboxylic acids is 1. The Morgan fingerprint density at radius 3 is 2.29 bits per heavy atom. The van der Waals surface area contributed by atoms with Crippen LogP contribution in [-0.2, 0) is 14.6 Å². The lowest BCUT2D eigenvalue weighted by Gasteiger charge is -2.28. The maximum absolute atomic E-state index is 12.3. The SMILES string of the molecule is Cc1cc(C)nc(S[C@@H](C)C(=O)N2CCS(=O)(=O)CC2)n1. The van der Waals surface area contributed by atoms with Crippen LogP contribution in [-0.4, -0.2) is 59.0 Å². The molecule has 116 valence electrons. The van der Waals surface area contributed by atoms with Crippen LogP contribution in [0.4, 0.5) is 0 Å². The summed E-state index contributed by atoms with van der Waals surface area (Å²) in [6, 6.07) is 1.88. The minimum atomic E-state index is -2.97. The van der Waals surface area contributed by atoms with Gasteiger partial charge >= 0.3 is 0 Å². The Balaban J connectivity index is 2.00. The number of thioether (sulfide) groups is 1. The number of amides is 1. The molecule has 1 aromatic heterocycles. The lowest BCUT2D eigenvalue weighted by Crippen LogP contribution is -2.46. The average molecular weight is 329 g/mol. The lowest BCUT2D eigenvalue weighted by molar-refractivity contribution is -0.129. The third-order valence-electron chi connectivity index (χ3n) is 3.25. The molecule has 0 unspecified atom stereocenters. The highest BCUT2D eigenvalue weighted by Crippen LogP contribution is 2.22. The van der Waals surface area contributed by atoms with Crippen molar-refractivity contribution < 1.29 is 13.2 Å². The molecule has 2 heterocycles. The first-order valence-corrected chi connectivity index (χ1v) is 9.45. The van der Waals surface area contributed by atoms with E-state index >= 15 is 0 Å². The summed E-state index contributed by atoms with van der Waals surface area (Å²) in [7, 11) is -2.97. The zero-order valence-corrected chi connectivity index (χ0v) is 14.0. The Hall–Kier alpha value is -1.15. The maximum Gasteiger partial charge on any atom is 0.235 e. The minimum absolute atomic E-state index is 0.0518. The number of nitrogens with zero attached hydrogens (tertiary/aromatic N) is 3. The van der Waals surface area contributed by atoms with E-state index in [1.54, 1.807) is 11.8 Å². The molecule has 1 saturated heterocycles. The van der Waals surface area contributed by atoms with E-state index in [0.29, 0.717) is 5.16 Å². The maximum atomic E-state index is 12.3. The smallest absolute Gasteiger partial charge is 0.235 e. The summed E-state index contributed by atoms with van der Waals surface area (Å²) in [5.74, 6) is 0.0458. The van der Waals surface area contributed by atoms with Gasteiger partial charge in [0.25, 0.3) is 0 Å². The minimum Gasteiger partial charge on any atom is -0.340 e. The van der Waals surface area contributed by atoms with Gasteiger partial charge < -0.3 is 4.90 Å². The largest absolute Gasteiger partial charge is 0.340 e. The van der Waals surface area contributed by atoms with Crippen LogP contribution < -0.4 is 0 Å². The first-order valence-electron chi connectivity index (χ1n) is 6.75. The molecule has 21 heavy (non-hydrogen) atoms. The second-order valence-corrected chi connectivity index (χ2v) is 8.78. The molecule has 0 radical (unpaired) electrons. The van der Waals surface area contributed by atoms with E-state index in [9.17, 15) is 13.2 Å². The molecular weight excluding hydrogens is 310 g/mol. The van der Waals surface area contributed by atoms with Gasteiger partial charge in [-0.1, -0.05) is 11.8 Å². The zero-order chi connectivity index (χ0) is 15.6. The first kappa shape index (κ1) is 16.2. The predicted molar refractivity (Wildman–Crippen MR) is 82.1 cm³/mol. The average Bonchev–Trinajstić information content (AvgIpc) is 2.36. The Kier molecular flexibility index (Phi) is 4.88. The van der Waals surface area contributed by atoms with Crippen molar-refractivity contribution in [2.45, 2.75) is 31.2 Å². The van der Waals surface area contributed by atoms with Gasteiger partial charge in [-0.25, -0.2) is 18.4 Å². The molecule has 1 aromatic rings. The monoisotopic (exact) mass is 329 g/mol. The second-order valence-electron chi connectivity index (χ2n) is 5.17. The number of hydrogen-bond donors (Lipinski definition) is 0. The Labute approximate surface area is 129 Å². The summed E-state index contributed by atoms with van der Waals surface area (Å²) in [6.45, 7) is 6.14. The van der Waals surface area contributed by atoms with Crippen LogP contribution in [0.3, 0.4) is 0 Å². The van der Waals surface area contributed by atoms with Crippen LogP contribution in [0.1, 0.15) is 18.3 Å². The third-order valence-corrected chi connectivity index (χ3v) is 5.81. The summed E-state index contributed by atoms with van der Waals surface area (Å²) in [4.78, 5) is 22.6. The molecule has 0 bridgehead atoms. The quantitative estimate of drug-likeness (QED) is 0.604. The Morgan fingerprint density at radius 1 is 1.24 bits per heavy atom. The fraction of sp³-hybridized carbons (Fsp3) is 0.615. The Morgan fingerprint density at radius 2 is 1.76 bits per heavy atom. The van der Waals surface area contributed by atoms with E-state index in [0.717, 1.165) is 11.4 Å². The normalized spacial score (nSPS) is 19.3. The van der Waals surface area contributed by atoms with Crippen molar-refractivity contribution in [3.63, 3.8) is 0 Å². The summed E-state index contributed by atoms with van der Waals surface area (Å²) >= 11 is 1.31. The number of rotatable bonds is 3. The van der Waals surface area contributed by atoms with Crippen molar-refractivity contribution in [3.05, 3.63) is 17.5 Å². The first-order chi connectivity index (χ1) is 9.77. The van der Waals surface area contributed by atoms with Gasteiger partial charge in [0.1, 0.15) is 0 Å². The van der Waals surface area contributed by atoms with Crippen LogP contribution in [0.5, 0.6) is 0 Å². The molecule has 0 spiro atoms. The molecule has 1 atom stereocenters. The summed E-state index contributed by atoms with van der Waals surface area (Å²) in [6.07, 6.45) is 0. The topological polar surface area (TPSA) is 80.2 Å². The number of aryl methyl sites for hydroxylation is 2. The van der Waals surface area contributed by atoms with E-state index in [1.165, 1.54) is 11.8 Å². The number of sulfone groups is 1. The molecule has 2 rings (SSSR count). The van der Waals surface area contributed by atoms with Crippen molar-refractivity contribution in [1.82, 2.24) is 14.9 Å². The van der Waals surface area contributed by atoms with Crippen molar-refractivity contribution >= 4 is 27.5 Å². The molecule has 0 aliphatic carbocycles. The molecule has 6 nitrogen and oxygen atoms in total. The van der Waals surface area contributed by atoms with E-state index in [4.69, 9.17) is 0 Å². The van der Waals surface area contributed by atoms with Gasteiger partial charge in [0, 0.05) is 24.5 Å². The predicted octanol–water partition coefficient (Wildman–Crippen LogP) is 0.831. The van der Waals surface area contributed by atoms with Crippen LogP contribution in [0.25, 0.3) is 0 Å². The molecule has 8 heteroatoms. The van der Waals surface area contributed by atoms with Crippen LogP contribution in [0, 0.1) is 13.8 Å². The number of aromatic nitrogens is 2. The van der Waals surface area contributed by atoms with Gasteiger partial charge in [-0.2, -0.15) is 0 Å². The Bertz CT molecular complexity index is 612. The zero-order valence-electron chi connectivity index (χ0n) is 12.4. The molecule has 0 aromatic carbocycles. The highest BCUT2D eigenvalue weighted by Gasteiger charge is 2.28. The van der Waals surface area contributed by atoms with Gasteiger partial charge in [-0.15, -0.1) is 0 Å². The van der Waals surface area contributed by atoms with Gasteiger partial charge in [0.05, 0.1) is 16.8 Å². The van der Waals surface area contributed by atoms with E-state index < -0.39 is 9.84 Å². The molecule has 0 N–H and O–H groups in total. The van der Waals surface area contributed by atoms with Crippen molar-refractivity contribution in [3.8, 4) is 0 Å². The fourth-order valence-electron chi connectivity index (χ4n) is 2.14. The van der Waals surface area contributed by atoms with Gasteiger partial charge in [0.15, 0.2) is 15.0 Å².